The van der Waals surface area contributed by atoms with E-state index in [4.69, 9.17) is 4.74 Å². The molecule has 1 heterocycles. The Kier molecular flexibility index (Phi) is 5.95. The van der Waals surface area contributed by atoms with Crippen LogP contribution >= 0.6 is 0 Å². The molecule has 0 spiro atoms. The number of hydrogen-bond donors (Lipinski definition) is 1. The van der Waals surface area contributed by atoms with Gasteiger partial charge < -0.3 is 19.5 Å². The topological polar surface area (TPSA) is 80.6 Å². The Hall–Kier alpha value is -2.31. The minimum Gasteiger partial charge on any atom is -0.464 e. The highest BCUT2D eigenvalue weighted by atomic mass is 16.5. The molecule has 23 heavy (non-hydrogen) atoms. The normalized spacial score (nSPS) is 10.6. The average Bonchev–Trinajstić information content (AvgIpc) is 2.67. The van der Waals surface area contributed by atoms with Crippen LogP contribution in [0.3, 0.4) is 0 Å². The van der Waals surface area contributed by atoms with Crippen molar-refractivity contribution in [3.8, 4) is 0 Å². The number of amides is 2. The highest BCUT2D eigenvalue weighted by molar-refractivity contribution is 6.04. The van der Waals surface area contributed by atoms with E-state index in [1.165, 1.54) is 12.0 Å². The molecule has 0 aliphatic rings. The Labute approximate surface area is 136 Å². The number of Topliss-reactive ketones (excluding diaryl/α,β-unsaturated/α-hetero) is 1. The number of carbonyl (C=O) groups is 3. The quantitative estimate of drug-likeness (QED) is 0.660. The fourth-order valence-electron chi connectivity index (χ4n) is 2.50. The van der Waals surface area contributed by atoms with Gasteiger partial charge in [0.15, 0.2) is 5.78 Å². The molecule has 0 aliphatic carbocycles. The van der Waals surface area contributed by atoms with Gasteiger partial charge >= 0.3 is 12.0 Å². The Morgan fingerprint density at radius 3 is 2.30 bits per heavy atom. The Bertz CT molecular complexity index is 632. The molecule has 1 aromatic heterocycles. The van der Waals surface area contributed by atoms with Gasteiger partial charge in [0, 0.05) is 31.4 Å². The molecule has 0 radical (unpaired) electrons. The van der Waals surface area contributed by atoms with Crippen molar-refractivity contribution >= 4 is 17.8 Å². The first kappa shape index (κ1) is 18.7. The van der Waals surface area contributed by atoms with Gasteiger partial charge in [-0.05, 0) is 33.3 Å². The molecule has 2 amide bonds. The zero-order chi connectivity index (χ0) is 17.9. The van der Waals surface area contributed by atoms with Crippen LogP contribution in [0.4, 0.5) is 4.79 Å². The summed E-state index contributed by atoms with van der Waals surface area (Å²) in [6, 6.07) is -0.320. The average molecular weight is 323 g/mol. The molecule has 1 N–H and O–H groups in total. The van der Waals surface area contributed by atoms with Gasteiger partial charge in [-0.2, -0.15) is 0 Å². The summed E-state index contributed by atoms with van der Waals surface area (Å²) in [6.07, 6.45) is 0. The summed E-state index contributed by atoms with van der Waals surface area (Å²) in [5, 5.41) is 2.73. The van der Waals surface area contributed by atoms with Gasteiger partial charge in [0.1, 0.15) is 5.69 Å². The molecule has 0 aliphatic heterocycles. The van der Waals surface area contributed by atoms with E-state index >= 15 is 0 Å². The van der Waals surface area contributed by atoms with Crippen LogP contribution in [0.1, 0.15) is 46.0 Å². The number of nitrogens with zero attached hydrogens (tertiary/aromatic N) is 2. The molecule has 1 rings (SSSR count). The van der Waals surface area contributed by atoms with Crippen LogP contribution in [0.15, 0.2) is 0 Å². The van der Waals surface area contributed by atoms with Crippen molar-refractivity contribution in [1.82, 2.24) is 14.8 Å². The molecule has 128 valence electrons. The minimum absolute atomic E-state index is 0.00817. The SMILES string of the molecule is COC(=O)c1c(C)c(C(=O)CN(C)C(=O)NC(C)C)c(C)n1C. The number of methoxy groups -OCH3 is 1. The number of ether oxygens (including phenoxy) is 1. The molecule has 7 heteroatoms. The predicted octanol–water partition coefficient (Wildman–Crippen LogP) is 1.66. The van der Waals surface area contributed by atoms with Gasteiger partial charge in [-0.1, -0.05) is 0 Å². The number of carbonyl (C=O) groups excluding carboxylic acids is 3. The number of esters is 1. The van der Waals surface area contributed by atoms with Crippen molar-refractivity contribution < 1.29 is 19.1 Å². The Balaban J connectivity index is 3.06. The van der Waals surface area contributed by atoms with Crippen molar-refractivity contribution in [2.75, 3.05) is 20.7 Å². The van der Waals surface area contributed by atoms with E-state index in [1.807, 2.05) is 13.8 Å². The van der Waals surface area contributed by atoms with E-state index in [-0.39, 0.29) is 24.4 Å². The minimum atomic E-state index is -0.488. The van der Waals surface area contributed by atoms with Crippen molar-refractivity contribution in [3.63, 3.8) is 0 Å². The Morgan fingerprint density at radius 2 is 1.83 bits per heavy atom. The summed E-state index contributed by atoms with van der Waals surface area (Å²) < 4.78 is 6.40. The maximum Gasteiger partial charge on any atom is 0.354 e. The Morgan fingerprint density at radius 1 is 1.26 bits per heavy atom. The second-order valence-corrected chi connectivity index (χ2v) is 5.87. The molecule has 7 nitrogen and oxygen atoms in total. The van der Waals surface area contributed by atoms with E-state index in [0.717, 1.165) is 0 Å². The van der Waals surface area contributed by atoms with Gasteiger partial charge in [0.2, 0.25) is 0 Å². The molecule has 0 bridgehead atoms. The second kappa shape index (κ2) is 7.30. The van der Waals surface area contributed by atoms with Crippen LogP contribution in [-0.4, -0.2) is 54.0 Å². The fraction of sp³-hybridized carbons (Fsp3) is 0.562. The highest BCUT2D eigenvalue weighted by Crippen LogP contribution is 2.22. The van der Waals surface area contributed by atoms with E-state index in [0.29, 0.717) is 22.5 Å². The monoisotopic (exact) mass is 323 g/mol. The lowest BCUT2D eigenvalue weighted by Crippen LogP contribution is -2.43. The number of hydrogen-bond acceptors (Lipinski definition) is 4. The highest BCUT2D eigenvalue weighted by Gasteiger charge is 2.26. The smallest absolute Gasteiger partial charge is 0.354 e. The number of nitrogens with one attached hydrogen (secondary N) is 1. The molecular weight excluding hydrogens is 298 g/mol. The lowest BCUT2D eigenvalue weighted by molar-refractivity contribution is 0.0588. The van der Waals surface area contributed by atoms with Crippen LogP contribution in [-0.2, 0) is 11.8 Å². The number of aromatic nitrogens is 1. The van der Waals surface area contributed by atoms with E-state index in [2.05, 4.69) is 5.32 Å². The third-order valence-electron chi connectivity index (χ3n) is 3.73. The van der Waals surface area contributed by atoms with Crippen LogP contribution in [0, 0.1) is 13.8 Å². The molecule has 0 unspecified atom stereocenters. The summed E-state index contributed by atoms with van der Waals surface area (Å²) >= 11 is 0. The van der Waals surface area contributed by atoms with E-state index < -0.39 is 5.97 Å². The zero-order valence-electron chi connectivity index (χ0n) is 14.8. The summed E-state index contributed by atoms with van der Waals surface area (Å²) in [7, 11) is 4.57. The molecular formula is C16H25N3O4. The van der Waals surface area contributed by atoms with E-state index in [1.54, 1.807) is 32.5 Å². The first-order valence-electron chi connectivity index (χ1n) is 7.40. The molecule has 0 aromatic carbocycles. The van der Waals surface area contributed by atoms with Crippen molar-refractivity contribution in [3.05, 3.63) is 22.5 Å². The van der Waals surface area contributed by atoms with Gasteiger partial charge in [-0.15, -0.1) is 0 Å². The van der Waals surface area contributed by atoms with E-state index in [9.17, 15) is 14.4 Å². The van der Waals surface area contributed by atoms with Crippen LogP contribution in [0.5, 0.6) is 0 Å². The van der Waals surface area contributed by atoms with Crippen LogP contribution in [0.25, 0.3) is 0 Å². The van der Waals surface area contributed by atoms with Gasteiger partial charge in [-0.3, -0.25) is 4.79 Å². The molecule has 0 saturated heterocycles. The molecule has 1 aromatic rings. The first-order valence-corrected chi connectivity index (χ1v) is 7.40. The maximum absolute atomic E-state index is 12.6. The van der Waals surface area contributed by atoms with Crippen molar-refractivity contribution in [2.45, 2.75) is 33.7 Å². The first-order chi connectivity index (χ1) is 10.6. The summed E-state index contributed by atoms with van der Waals surface area (Å²) in [5.41, 5.74) is 2.05. The summed E-state index contributed by atoms with van der Waals surface area (Å²) in [6.45, 7) is 7.11. The zero-order valence-corrected chi connectivity index (χ0v) is 14.8. The maximum atomic E-state index is 12.6. The largest absolute Gasteiger partial charge is 0.464 e. The predicted molar refractivity (Wildman–Crippen MR) is 86.9 cm³/mol. The molecule has 0 atom stereocenters. The number of likely N-dealkylation sites (N-methyl/N-ethyl adjacent to an activating group) is 1. The third-order valence-corrected chi connectivity index (χ3v) is 3.73. The third kappa shape index (κ3) is 3.91. The molecule has 0 saturated carbocycles. The summed E-state index contributed by atoms with van der Waals surface area (Å²) in [4.78, 5) is 37.7. The van der Waals surface area contributed by atoms with Crippen molar-refractivity contribution in [1.29, 1.82) is 0 Å². The number of ketones is 1. The molecule has 0 fully saturated rings. The van der Waals surface area contributed by atoms with Crippen LogP contribution in [0.2, 0.25) is 0 Å². The fourth-order valence-corrected chi connectivity index (χ4v) is 2.50. The number of rotatable bonds is 5. The van der Waals surface area contributed by atoms with Gasteiger partial charge in [-0.25, -0.2) is 9.59 Å². The lowest BCUT2D eigenvalue weighted by Gasteiger charge is -2.19. The summed E-state index contributed by atoms with van der Waals surface area (Å²) in [5.74, 6) is -0.704. The van der Waals surface area contributed by atoms with Gasteiger partial charge in [0.25, 0.3) is 0 Å². The van der Waals surface area contributed by atoms with Crippen molar-refractivity contribution in [2.24, 2.45) is 7.05 Å². The standard InChI is InChI=1S/C16H25N3O4/c1-9(2)17-16(22)18(5)8-12(20)13-10(3)14(15(21)23-7)19(6)11(13)4/h9H,8H2,1-7H3,(H,17,22). The van der Waals surface area contributed by atoms with Gasteiger partial charge in [0.05, 0.1) is 13.7 Å². The number of urea groups is 1. The van der Waals surface area contributed by atoms with Crippen LogP contribution < -0.4 is 5.32 Å². The second-order valence-electron chi connectivity index (χ2n) is 5.87. The lowest BCUT2D eigenvalue weighted by atomic mass is 10.1.